The molecule has 0 unspecified atom stereocenters. The van der Waals surface area contributed by atoms with Crippen LogP contribution in [-0.2, 0) is 23.0 Å². The zero-order valence-corrected chi connectivity index (χ0v) is 20.9. The molecule has 3 aromatic carbocycles. The number of fused-ring (bicyclic) bond motifs is 1. The zero-order chi connectivity index (χ0) is 25.2. The second-order valence-corrected chi connectivity index (χ2v) is 10.2. The second kappa shape index (κ2) is 9.97. The number of sulfonamides is 1. The Morgan fingerprint density at radius 3 is 2.26 bits per heavy atom. The molecule has 8 nitrogen and oxygen atoms in total. The van der Waals surface area contributed by atoms with Gasteiger partial charge < -0.3 is 19.5 Å². The number of nitrogens with one attached hydrogen (secondary N) is 1. The number of benzene rings is 3. The Balaban J connectivity index is 1.57. The van der Waals surface area contributed by atoms with E-state index in [-0.39, 0.29) is 28.7 Å². The van der Waals surface area contributed by atoms with E-state index in [2.05, 4.69) is 5.32 Å². The molecule has 0 fully saturated rings. The van der Waals surface area contributed by atoms with Crippen molar-refractivity contribution in [2.75, 3.05) is 33.2 Å². The average molecular weight is 497 g/mol. The van der Waals surface area contributed by atoms with E-state index in [9.17, 15) is 13.2 Å². The van der Waals surface area contributed by atoms with Crippen LogP contribution in [0.25, 0.3) is 0 Å². The summed E-state index contributed by atoms with van der Waals surface area (Å²) in [6, 6.07) is 15.6. The maximum Gasteiger partial charge on any atom is 0.259 e. The Hall–Kier alpha value is -3.56. The predicted octanol–water partition coefficient (Wildman–Crippen LogP) is 4.02. The number of anilines is 1. The van der Waals surface area contributed by atoms with E-state index in [0.717, 1.165) is 16.7 Å². The van der Waals surface area contributed by atoms with Crippen molar-refractivity contribution in [3.8, 4) is 17.2 Å². The Kier molecular flexibility index (Phi) is 7.00. The molecule has 184 valence electrons. The monoisotopic (exact) mass is 496 g/mol. The number of ether oxygens (including phenoxy) is 3. The number of carbonyl (C=O) groups excluding carboxylic acids is 1. The van der Waals surface area contributed by atoms with Crippen molar-refractivity contribution in [3.05, 3.63) is 76.9 Å². The normalized spacial score (nSPS) is 13.6. The minimum Gasteiger partial charge on any atom is -0.493 e. The molecule has 0 saturated heterocycles. The van der Waals surface area contributed by atoms with E-state index < -0.39 is 10.0 Å². The summed E-state index contributed by atoms with van der Waals surface area (Å²) < 4.78 is 43.9. The molecule has 0 atom stereocenters. The molecule has 0 spiro atoms. The number of aryl methyl sites for hydroxylation is 1. The first-order valence-electron chi connectivity index (χ1n) is 11.1. The van der Waals surface area contributed by atoms with Gasteiger partial charge in [0.1, 0.15) is 0 Å². The van der Waals surface area contributed by atoms with E-state index >= 15 is 0 Å². The largest absolute Gasteiger partial charge is 0.493 e. The molecule has 1 N–H and O–H groups in total. The lowest BCUT2D eigenvalue weighted by Gasteiger charge is -2.28. The fourth-order valence-electron chi connectivity index (χ4n) is 4.15. The summed E-state index contributed by atoms with van der Waals surface area (Å²) >= 11 is 0. The molecule has 35 heavy (non-hydrogen) atoms. The molecule has 1 aliphatic rings. The van der Waals surface area contributed by atoms with Crippen LogP contribution in [0.5, 0.6) is 17.2 Å². The third kappa shape index (κ3) is 4.82. The highest BCUT2D eigenvalue weighted by molar-refractivity contribution is 7.89. The van der Waals surface area contributed by atoms with Crippen molar-refractivity contribution in [3.63, 3.8) is 0 Å². The summed E-state index contributed by atoms with van der Waals surface area (Å²) in [4.78, 5) is 13.3. The number of nitrogens with zero attached hydrogens (tertiary/aromatic N) is 1. The highest BCUT2D eigenvalue weighted by atomic mass is 32.2. The van der Waals surface area contributed by atoms with E-state index in [4.69, 9.17) is 14.2 Å². The van der Waals surface area contributed by atoms with Gasteiger partial charge in [0.15, 0.2) is 11.5 Å². The number of rotatable bonds is 7. The molecule has 1 aliphatic heterocycles. The highest BCUT2D eigenvalue weighted by Gasteiger charge is 2.28. The summed E-state index contributed by atoms with van der Waals surface area (Å²) in [7, 11) is 0.815. The van der Waals surface area contributed by atoms with Gasteiger partial charge in [0, 0.05) is 18.8 Å². The molecule has 0 aliphatic carbocycles. The quantitative estimate of drug-likeness (QED) is 0.531. The lowest BCUT2D eigenvalue weighted by atomic mass is 10.0. The summed E-state index contributed by atoms with van der Waals surface area (Å²) in [5.74, 6) is 0.648. The third-order valence-corrected chi connectivity index (χ3v) is 7.91. The summed E-state index contributed by atoms with van der Waals surface area (Å²) in [5.41, 5.74) is 3.75. The smallest absolute Gasteiger partial charge is 0.259 e. The van der Waals surface area contributed by atoms with Crippen LogP contribution < -0.4 is 19.5 Å². The number of amides is 1. The maximum atomic E-state index is 13.2. The fourth-order valence-corrected chi connectivity index (χ4v) is 5.57. The number of carbonyl (C=O) groups is 1. The Labute approximate surface area is 205 Å². The van der Waals surface area contributed by atoms with Gasteiger partial charge in [-0.1, -0.05) is 23.8 Å². The van der Waals surface area contributed by atoms with Crippen molar-refractivity contribution >= 4 is 21.6 Å². The molecular formula is C26H28N2O6S. The molecule has 0 radical (unpaired) electrons. The summed E-state index contributed by atoms with van der Waals surface area (Å²) in [5, 5.41) is 2.88. The summed E-state index contributed by atoms with van der Waals surface area (Å²) in [6.45, 7) is 2.55. The third-order valence-electron chi connectivity index (χ3n) is 6.05. The van der Waals surface area contributed by atoms with Crippen molar-refractivity contribution in [1.82, 2.24) is 4.31 Å². The van der Waals surface area contributed by atoms with Crippen LogP contribution in [0, 0.1) is 6.92 Å². The Morgan fingerprint density at radius 2 is 1.60 bits per heavy atom. The molecule has 4 rings (SSSR count). The van der Waals surface area contributed by atoms with Crippen molar-refractivity contribution in [1.29, 1.82) is 0 Å². The molecule has 0 aromatic heterocycles. The number of hydrogen-bond donors (Lipinski definition) is 1. The Morgan fingerprint density at radius 1 is 0.886 bits per heavy atom. The van der Waals surface area contributed by atoms with Gasteiger partial charge in [0.25, 0.3) is 5.91 Å². The van der Waals surface area contributed by atoms with Gasteiger partial charge in [-0.25, -0.2) is 8.42 Å². The SMILES string of the molecule is COc1ccc(C(=O)Nc2ccc3c(c2)CN(S(=O)(=O)c2ccc(C)cc2)CC3)c(OC)c1OC. The lowest BCUT2D eigenvalue weighted by Crippen LogP contribution is -2.36. The van der Waals surface area contributed by atoms with Gasteiger partial charge in [0.2, 0.25) is 15.8 Å². The molecule has 0 saturated carbocycles. The van der Waals surface area contributed by atoms with Crippen LogP contribution in [0.3, 0.4) is 0 Å². The molecular weight excluding hydrogens is 468 g/mol. The lowest BCUT2D eigenvalue weighted by molar-refractivity contribution is 0.102. The zero-order valence-electron chi connectivity index (χ0n) is 20.1. The van der Waals surface area contributed by atoms with Crippen LogP contribution in [0.4, 0.5) is 5.69 Å². The average Bonchev–Trinajstić information content (AvgIpc) is 2.87. The second-order valence-electron chi connectivity index (χ2n) is 8.22. The van der Waals surface area contributed by atoms with Gasteiger partial charge >= 0.3 is 0 Å². The maximum absolute atomic E-state index is 13.2. The Bertz CT molecular complexity index is 1350. The van der Waals surface area contributed by atoms with Gasteiger partial charge in [-0.05, 0) is 60.9 Å². The predicted molar refractivity (Wildman–Crippen MR) is 133 cm³/mol. The minimum atomic E-state index is -3.62. The standard InChI is InChI=1S/C26H28N2O6S/c1-17-5-9-21(10-6-17)35(30,31)28-14-13-18-7-8-20(15-19(18)16-28)27-26(29)22-11-12-23(32-2)25(34-4)24(22)33-3/h5-12,15H,13-14,16H2,1-4H3,(H,27,29). The van der Waals surface area contributed by atoms with Crippen molar-refractivity contribution in [2.45, 2.75) is 24.8 Å². The molecule has 1 amide bonds. The van der Waals surface area contributed by atoms with E-state index in [1.807, 2.05) is 25.1 Å². The van der Waals surface area contributed by atoms with Crippen LogP contribution in [0.2, 0.25) is 0 Å². The first-order valence-corrected chi connectivity index (χ1v) is 12.5. The van der Waals surface area contributed by atoms with Crippen molar-refractivity contribution in [2.24, 2.45) is 0 Å². The highest BCUT2D eigenvalue weighted by Crippen LogP contribution is 2.40. The molecule has 0 bridgehead atoms. The van der Waals surface area contributed by atoms with Crippen LogP contribution in [0.1, 0.15) is 27.0 Å². The number of methoxy groups -OCH3 is 3. The molecule has 9 heteroatoms. The molecule has 1 heterocycles. The van der Waals surface area contributed by atoms with E-state index in [0.29, 0.717) is 30.2 Å². The first-order chi connectivity index (χ1) is 16.8. The van der Waals surface area contributed by atoms with Gasteiger partial charge in [-0.2, -0.15) is 4.31 Å². The first kappa shape index (κ1) is 24.6. The van der Waals surface area contributed by atoms with Crippen molar-refractivity contribution < 1.29 is 27.4 Å². The van der Waals surface area contributed by atoms with Gasteiger partial charge in [-0.15, -0.1) is 0 Å². The van der Waals surface area contributed by atoms with E-state index in [1.54, 1.807) is 36.4 Å². The van der Waals surface area contributed by atoms with Crippen LogP contribution >= 0.6 is 0 Å². The van der Waals surface area contributed by atoms with Crippen LogP contribution in [-0.4, -0.2) is 46.5 Å². The van der Waals surface area contributed by atoms with Crippen LogP contribution in [0.15, 0.2) is 59.5 Å². The number of hydrogen-bond acceptors (Lipinski definition) is 6. The molecule has 3 aromatic rings. The minimum absolute atomic E-state index is 0.231. The van der Waals surface area contributed by atoms with E-state index in [1.165, 1.54) is 25.6 Å². The fraction of sp³-hybridized carbons (Fsp3) is 0.269. The van der Waals surface area contributed by atoms with Gasteiger partial charge in [0.05, 0.1) is 31.8 Å². The van der Waals surface area contributed by atoms with Gasteiger partial charge in [-0.3, -0.25) is 4.79 Å². The topological polar surface area (TPSA) is 94.2 Å². The summed E-state index contributed by atoms with van der Waals surface area (Å²) in [6.07, 6.45) is 0.595.